The van der Waals surface area contributed by atoms with Crippen LogP contribution < -0.4 is 24.4 Å². The molecule has 0 radical (unpaired) electrons. The van der Waals surface area contributed by atoms with Gasteiger partial charge in [-0.3, -0.25) is 4.79 Å². The van der Waals surface area contributed by atoms with E-state index in [0.717, 1.165) is 21.7 Å². The first-order valence-electron chi connectivity index (χ1n) is 9.53. The Morgan fingerprint density at radius 1 is 0.700 bits per heavy atom. The third-order valence-corrected chi connectivity index (χ3v) is 5.05. The highest BCUT2D eigenvalue weighted by Gasteiger charge is 2.19. The van der Waals surface area contributed by atoms with Crippen LogP contribution in [-0.2, 0) is 6.61 Å². The predicted octanol–water partition coefficient (Wildman–Crippen LogP) is 4.96. The third kappa shape index (κ3) is 3.39. The lowest BCUT2D eigenvalue weighted by Crippen LogP contribution is -2.01. The molecule has 0 unspecified atom stereocenters. The van der Waals surface area contributed by atoms with Gasteiger partial charge in [0.15, 0.2) is 16.9 Å². The molecule has 0 N–H and O–H groups in total. The summed E-state index contributed by atoms with van der Waals surface area (Å²) in [5.74, 6) is 2.04. The van der Waals surface area contributed by atoms with Crippen molar-refractivity contribution < 1.29 is 18.9 Å². The smallest absolute Gasteiger partial charge is 0.203 e. The lowest BCUT2D eigenvalue weighted by Gasteiger charge is -2.15. The number of methoxy groups -OCH3 is 3. The zero-order valence-electron chi connectivity index (χ0n) is 17.1. The van der Waals surface area contributed by atoms with Gasteiger partial charge in [0.25, 0.3) is 0 Å². The highest BCUT2D eigenvalue weighted by atomic mass is 16.5. The van der Waals surface area contributed by atoms with E-state index in [9.17, 15) is 4.79 Å². The highest BCUT2D eigenvalue weighted by Crippen LogP contribution is 2.45. The first kappa shape index (κ1) is 19.6. The minimum Gasteiger partial charge on any atom is -0.493 e. The van der Waals surface area contributed by atoms with Gasteiger partial charge in [0.2, 0.25) is 5.75 Å². The Morgan fingerprint density at radius 3 is 2.17 bits per heavy atom. The van der Waals surface area contributed by atoms with Crippen molar-refractivity contribution in [3.63, 3.8) is 0 Å². The van der Waals surface area contributed by atoms with Crippen LogP contribution >= 0.6 is 0 Å². The number of ether oxygens (including phenoxy) is 4. The lowest BCUT2D eigenvalue weighted by molar-refractivity contribution is 0.310. The van der Waals surface area contributed by atoms with Gasteiger partial charge in [-0.15, -0.1) is 0 Å². The maximum atomic E-state index is 13.0. The number of hydrogen-bond acceptors (Lipinski definition) is 5. The van der Waals surface area contributed by atoms with E-state index in [1.807, 2.05) is 54.6 Å². The molecule has 0 aliphatic heterocycles. The number of rotatable bonds is 6. The summed E-state index contributed by atoms with van der Waals surface area (Å²) in [4.78, 5) is 13.0. The second-order valence-corrected chi connectivity index (χ2v) is 6.76. The molecular weight excluding hydrogens is 380 g/mol. The average Bonchev–Trinajstić information content (AvgIpc) is 2.94. The Labute approximate surface area is 174 Å². The summed E-state index contributed by atoms with van der Waals surface area (Å²) in [6.45, 7) is 0.365. The van der Waals surface area contributed by atoms with E-state index in [0.29, 0.717) is 35.0 Å². The van der Waals surface area contributed by atoms with Crippen LogP contribution in [-0.4, -0.2) is 21.3 Å². The van der Waals surface area contributed by atoms with Gasteiger partial charge in [0.1, 0.15) is 12.4 Å². The van der Waals surface area contributed by atoms with Crippen molar-refractivity contribution in [1.82, 2.24) is 0 Å². The van der Waals surface area contributed by atoms with Crippen molar-refractivity contribution in [2.45, 2.75) is 6.61 Å². The monoisotopic (exact) mass is 402 g/mol. The topological polar surface area (TPSA) is 54.0 Å². The third-order valence-electron chi connectivity index (χ3n) is 5.05. The summed E-state index contributed by atoms with van der Waals surface area (Å²) in [6, 6.07) is 20.6. The summed E-state index contributed by atoms with van der Waals surface area (Å²) in [5.41, 5.74) is 0.890. The van der Waals surface area contributed by atoms with Crippen LogP contribution in [0.1, 0.15) is 5.56 Å². The van der Waals surface area contributed by atoms with Gasteiger partial charge in [-0.2, -0.15) is 0 Å². The van der Waals surface area contributed by atoms with E-state index >= 15 is 0 Å². The van der Waals surface area contributed by atoms with Crippen LogP contribution in [0.5, 0.6) is 23.0 Å². The molecule has 4 aromatic carbocycles. The molecule has 0 heterocycles. The molecule has 0 aromatic heterocycles. The molecule has 5 heteroatoms. The molecule has 0 fully saturated rings. The average molecular weight is 402 g/mol. The fourth-order valence-electron chi connectivity index (χ4n) is 3.68. The molecule has 152 valence electrons. The van der Waals surface area contributed by atoms with Gasteiger partial charge in [-0.05, 0) is 29.1 Å². The zero-order chi connectivity index (χ0) is 21.1. The fraction of sp³-hybridized carbons (Fsp3) is 0.160. The SMILES string of the molecule is COc1cc2ccc(=O)c3c(OCc4ccccc4)cccc3c2c(OC)c1OC. The van der Waals surface area contributed by atoms with E-state index in [-0.39, 0.29) is 5.43 Å². The van der Waals surface area contributed by atoms with E-state index in [2.05, 4.69) is 0 Å². The van der Waals surface area contributed by atoms with Crippen molar-refractivity contribution in [2.24, 2.45) is 0 Å². The molecular formula is C25H22O5. The minimum absolute atomic E-state index is 0.134. The van der Waals surface area contributed by atoms with Crippen molar-refractivity contribution >= 4 is 21.5 Å². The summed E-state index contributed by atoms with van der Waals surface area (Å²) < 4.78 is 22.8. The van der Waals surface area contributed by atoms with Crippen molar-refractivity contribution in [2.75, 3.05) is 21.3 Å². The van der Waals surface area contributed by atoms with Crippen LogP contribution in [0.15, 0.2) is 71.5 Å². The molecule has 0 amide bonds. The molecule has 0 aliphatic rings. The Balaban J connectivity index is 2.01. The van der Waals surface area contributed by atoms with Gasteiger partial charge in [0.05, 0.1) is 26.7 Å². The molecule has 5 nitrogen and oxygen atoms in total. The van der Waals surface area contributed by atoms with Crippen molar-refractivity contribution in [1.29, 1.82) is 0 Å². The van der Waals surface area contributed by atoms with Crippen LogP contribution in [0.25, 0.3) is 21.5 Å². The first-order valence-corrected chi connectivity index (χ1v) is 9.53. The van der Waals surface area contributed by atoms with Crippen LogP contribution in [0.3, 0.4) is 0 Å². The summed E-state index contributed by atoms with van der Waals surface area (Å²) in [7, 11) is 4.70. The molecule has 4 rings (SSSR count). The molecule has 0 saturated carbocycles. The molecule has 0 aliphatic carbocycles. The molecule has 0 atom stereocenters. The summed E-state index contributed by atoms with van der Waals surface area (Å²) >= 11 is 0. The number of fused-ring (bicyclic) bond motifs is 3. The lowest BCUT2D eigenvalue weighted by atomic mass is 10.0. The van der Waals surface area contributed by atoms with Crippen LogP contribution in [0.4, 0.5) is 0 Å². The molecule has 4 aromatic rings. The number of hydrogen-bond donors (Lipinski definition) is 0. The van der Waals surface area contributed by atoms with Gasteiger partial charge in [-0.1, -0.05) is 48.5 Å². The normalized spacial score (nSPS) is 10.8. The number of benzene rings is 3. The van der Waals surface area contributed by atoms with Crippen LogP contribution in [0, 0.1) is 0 Å². The second-order valence-electron chi connectivity index (χ2n) is 6.76. The van der Waals surface area contributed by atoms with Gasteiger partial charge in [-0.25, -0.2) is 0 Å². The molecule has 0 bridgehead atoms. The Kier molecular flexibility index (Phi) is 5.44. The molecule has 0 spiro atoms. The quantitative estimate of drug-likeness (QED) is 0.456. The first-order chi connectivity index (χ1) is 14.7. The Bertz CT molecular complexity index is 1270. The van der Waals surface area contributed by atoms with E-state index in [1.54, 1.807) is 33.5 Å². The van der Waals surface area contributed by atoms with Gasteiger partial charge < -0.3 is 18.9 Å². The predicted molar refractivity (Wildman–Crippen MR) is 118 cm³/mol. The van der Waals surface area contributed by atoms with Gasteiger partial charge in [0, 0.05) is 10.8 Å². The Morgan fingerprint density at radius 2 is 1.47 bits per heavy atom. The summed E-state index contributed by atoms with van der Waals surface area (Å²) in [5, 5.41) is 2.78. The minimum atomic E-state index is -0.134. The van der Waals surface area contributed by atoms with Crippen LogP contribution in [0.2, 0.25) is 0 Å². The highest BCUT2D eigenvalue weighted by molar-refractivity contribution is 6.12. The second kappa shape index (κ2) is 8.33. The maximum Gasteiger partial charge on any atom is 0.203 e. The van der Waals surface area contributed by atoms with E-state index in [4.69, 9.17) is 18.9 Å². The van der Waals surface area contributed by atoms with Crippen molar-refractivity contribution in [3.05, 3.63) is 82.5 Å². The van der Waals surface area contributed by atoms with Crippen molar-refractivity contribution in [3.8, 4) is 23.0 Å². The van der Waals surface area contributed by atoms with Gasteiger partial charge >= 0.3 is 0 Å². The standard InChI is InChI=1S/C25H22O5/c1-27-21-14-17-12-13-19(26)23-18(22(17)25(29-3)24(21)28-2)10-7-11-20(23)30-15-16-8-5-4-6-9-16/h4-14H,15H2,1-3H3. The zero-order valence-corrected chi connectivity index (χ0v) is 17.1. The van der Waals surface area contributed by atoms with E-state index < -0.39 is 0 Å². The molecule has 0 saturated heterocycles. The fourth-order valence-corrected chi connectivity index (χ4v) is 3.68. The Hall–Kier alpha value is -3.73. The molecule has 30 heavy (non-hydrogen) atoms. The maximum absolute atomic E-state index is 13.0. The largest absolute Gasteiger partial charge is 0.493 e. The summed E-state index contributed by atoms with van der Waals surface area (Å²) in [6.07, 6.45) is 0. The van der Waals surface area contributed by atoms with E-state index in [1.165, 1.54) is 0 Å².